The number of nitrogens with zero attached hydrogens (tertiary/aromatic N) is 1. The van der Waals surface area contributed by atoms with Gasteiger partial charge in [0.1, 0.15) is 6.26 Å². The highest BCUT2D eigenvalue weighted by molar-refractivity contribution is 7.89. The molecule has 0 fully saturated rings. The Morgan fingerprint density at radius 2 is 1.86 bits per heavy atom. The predicted molar refractivity (Wildman–Crippen MR) is 77.0 cm³/mol. The number of primary sulfonamides is 1. The van der Waals surface area contributed by atoms with Crippen LogP contribution in [0.4, 0.5) is 0 Å². The number of benzene rings is 1. The summed E-state index contributed by atoms with van der Waals surface area (Å²) in [6.07, 6.45) is 2.82. The van der Waals surface area contributed by atoms with E-state index in [4.69, 9.17) is 9.56 Å². The van der Waals surface area contributed by atoms with E-state index in [-0.39, 0.29) is 16.8 Å². The van der Waals surface area contributed by atoms with Crippen LogP contribution in [0.2, 0.25) is 0 Å². The van der Waals surface area contributed by atoms with Gasteiger partial charge in [-0.3, -0.25) is 4.79 Å². The van der Waals surface area contributed by atoms with Crippen molar-refractivity contribution in [1.29, 1.82) is 0 Å². The third-order valence-corrected chi connectivity index (χ3v) is 4.29. The van der Waals surface area contributed by atoms with Gasteiger partial charge in [-0.2, -0.15) is 0 Å². The highest BCUT2D eigenvalue weighted by Crippen LogP contribution is 2.22. The predicted octanol–water partition coefficient (Wildman–Crippen LogP) is 1.76. The quantitative estimate of drug-likeness (QED) is 0.931. The Labute approximate surface area is 123 Å². The second-order valence-corrected chi connectivity index (χ2v) is 6.28. The molecule has 0 spiro atoms. The molecule has 2 N–H and O–H groups in total. The molecule has 1 aromatic carbocycles. The molecule has 0 aliphatic heterocycles. The first-order valence-electron chi connectivity index (χ1n) is 6.23. The molecule has 21 heavy (non-hydrogen) atoms. The van der Waals surface area contributed by atoms with Crippen LogP contribution in [0.3, 0.4) is 0 Å². The van der Waals surface area contributed by atoms with Gasteiger partial charge in [-0.1, -0.05) is 12.1 Å². The number of carbonyl (C=O) groups is 1. The SMILES string of the molecule is C[C@H](c1ccc(S(N)(=O)=O)cc1)N(C)C(=O)c1ccoc1. The van der Waals surface area contributed by atoms with Crippen molar-refractivity contribution in [2.45, 2.75) is 17.9 Å². The molecule has 0 saturated heterocycles. The van der Waals surface area contributed by atoms with Crippen molar-refractivity contribution in [2.75, 3.05) is 7.05 Å². The van der Waals surface area contributed by atoms with Crippen LogP contribution in [0.15, 0.2) is 52.2 Å². The molecule has 112 valence electrons. The van der Waals surface area contributed by atoms with Crippen LogP contribution in [0.25, 0.3) is 0 Å². The Kier molecular flexibility index (Phi) is 4.15. The number of nitrogens with two attached hydrogens (primary N) is 1. The maximum absolute atomic E-state index is 12.2. The molecule has 0 bridgehead atoms. The minimum atomic E-state index is -3.71. The van der Waals surface area contributed by atoms with Crippen LogP contribution >= 0.6 is 0 Å². The molecule has 0 aliphatic rings. The minimum absolute atomic E-state index is 0.0438. The van der Waals surface area contributed by atoms with E-state index in [1.807, 2.05) is 6.92 Å². The van der Waals surface area contributed by atoms with Gasteiger partial charge >= 0.3 is 0 Å². The Morgan fingerprint density at radius 1 is 1.24 bits per heavy atom. The summed E-state index contributed by atoms with van der Waals surface area (Å²) in [6, 6.07) is 7.51. The van der Waals surface area contributed by atoms with Crippen molar-refractivity contribution in [3.05, 3.63) is 54.0 Å². The van der Waals surface area contributed by atoms with Gasteiger partial charge in [-0.25, -0.2) is 13.6 Å². The van der Waals surface area contributed by atoms with Gasteiger partial charge < -0.3 is 9.32 Å². The molecule has 0 aliphatic carbocycles. The van der Waals surface area contributed by atoms with Gasteiger partial charge in [0.2, 0.25) is 10.0 Å². The van der Waals surface area contributed by atoms with Crippen LogP contribution in [0.1, 0.15) is 28.9 Å². The van der Waals surface area contributed by atoms with Gasteiger partial charge in [0.15, 0.2) is 0 Å². The normalized spacial score (nSPS) is 12.9. The fraction of sp³-hybridized carbons (Fsp3) is 0.214. The average molecular weight is 308 g/mol. The monoisotopic (exact) mass is 308 g/mol. The van der Waals surface area contributed by atoms with E-state index < -0.39 is 10.0 Å². The van der Waals surface area contributed by atoms with Crippen molar-refractivity contribution >= 4 is 15.9 Å². The first kappa shape index (κ1) is 15.3. The summed E-state index contributed by atoms with van der Waals surface area (Å²) in [6.45, 7) is 1.85. The molecule has 0 radical (unpaired) electrons. The smallest absolute Gasteiger partial charge is 0.257 e. The second kappa shape index (κ2) is 5.71. The summed E-state index contributed by atoms with van der Waals surface area (Å²) >= 11 is 0. The Hall–Kier alpha value is -2.12. The van der Waals surface area contributed by atoms with Gasteiger partial charge in [0.05, 0.1) is 22.8 Å². The van der Waals surface area contributed by atoms with Gasteiger partial charge in [0, 0.05) is 7.05 Å². The van der Waals surface area contributed by atoms with E-state index in [1.165, 1.54) is 24.7 Å². The molecule has 1 atom stereocenters. The summed E-state index contributed by atoms with van der Waals surface area (Å²) < 4.78 is 27.3. The van der Waals surface area contributed by atoms with Crippen LogP contribution in [-0.4, -0.2) is 26.3 Å². The summed E-state index contributed by atoms with van der Waals surface area (Å²) in [5.74, 6) is -0.174. The van der Waals surface area contributed by atoms with Crippen LogP contribution in [0.5, 0.6) is 0 Å². The lowest BCUT2D eigenvalue weighted by Crippen LogP contribution is -2.29. The molecule has 2 aromatic rings. The zero-order chi connectivity index (χ0) is 15.6. The Morgan fingerprint density at radius 3 is 2.33 bits per heavy atom. The first-order valence-corrected chi connectivity index (χ1v) is 7.77. The summed E-state index contributed by atoms with van der Waals surface area (Å²) in [5, 5.41) is 5.05. The summed E-state index contributed by atoms with van der Waals surface area (Å²) in [4.78, 5) is 13.8. The molecule has 2 rings (SSSR count). The summed E-state index contributed by atoms with van der Waals surface area (Å²) in [7, 11) is -2.04. The van der Waals surface area contributed by atoms with E-state index in [0.717, 1.165) is 5.56 Å². The number of sulfonamides is 1. The van der Waals surface area contributed by atoms with Crippen molar-refractivity contribution in [3.63, 3.8) is 0 Å². The number of hydrogen-bond acceptors (Lipinski definition) is 4. The van der Waals surface area contributed by atoms with Crippen LogP contribution in [0, 0.1) is 0 Å². The molecule has 0 saturated carbocycles. The zero-order valence-electron chi connectivity index (χ0n) is 11.7. The molecule has 1 heterocycles. The highest BCUT2D eigenvalue weighted by Gasteiger charge is 2.20. The third kappa shape index (κ3) is 3.32. The topological polar surface area (TPSA) is 93.6 Å². The molecular formula is C14H16N2O4S. The van der Waals surface area contributed by atoms with Crippen LogP contribution < -0.4 is 5.14 Å². The summed E-state index contributed by atoms with van der Waals surface area (Å²) in [5.41, 5.74) is 1.27. The van der Waals surface area contributed by atoms with E-state index in [2.05, 4.69) is 0 Å². The van der Waals surface area contributed by atoms with Crippen molar-refractivity contribution in [2.24, 2.45) is 5.14 Å². The molecule has 1 aromatic heterocycles. The lowest BCUT2D eigenvalue weighted by Gasteiger charge is -2.25. The van der Waals surface area contributed by atoms with Gasteiger partial charge in [0.25, 0.3) is 5.91 Å². The first-order chi connectivity index (χ1) is 9.80. The van der Waals surface area contributed by atoms with Gasteiger partial charge in [-0.05, 0) is 30.7 Å². The molecule has 7 heteroatoms. The maximum atomic E-state index is 12.2. The third-order valence-electron chi connectivity index (χ3n) is 3.36. The standard InChI is InChI=1S/C14H16N2O4S/c1-10(16(2)14(17)12-7-8-20-9-12)11-3-5-13(6-4-11)21(15,18)19/h3-10H,1-2H3,(H2,15,18,19)/t10-/m1/s1. The maximum Gasteiger partial charge on any atom is 0.257 e. The van der Waals surface area contributed by atoms with Crippen LogP contribution in [-0.2, 0) is 10.0 Å². The number of furan rings is 1. The Balaban J connectivity index is 2.20. The molecule has 0 unspecified atom stereocenters. The molecule has 1 amide bonds. The Bertz CT molecular complexity index is 721. The number of hydrogen-bond donors (Lipinski definition) is 1. The van der Waals surface area contributed by atoms with E-state index in [1.54, 1.807) is 30.1 Å². The number of amides is 1. The number of carbonyl (C=O) groups excluding carboxylic acids is 1. The number of rotatable bonds is 4. The van der Waals surface area contributed by atoms with E-state index >= 15 is 0 Å². The van der Waals surface area contributed by atoms with E-state index in [0.29, 0.717) is 5.56 Å². The fourth-order valence-electron chi connectivity index (χ4n) is 1.93. The largest absolute Gasteiger partial charge is 0.472 e. The highest BCUT2D eigenvalue weighted by atomic mass is 32.2. The van der Waals surface area contributed by atoms with Crippen molar-refractivity contribution in [3.8, 4) is 0 Å². The zero-order valence-corrected chi connectivity index (χ0v) is 12.5. The second-order valence-electron chi connectivity index (χ2n) is 4.72. The van der Waals surface area contributed by atoms with Gasteiger partial charge in [-0.15, -0.1) is 0 Å². The molecule has 6 nitrogen and oxygen atoms in total. The lowest BCUT2D eigenvalue weighted by atomic mass is 10.1. The minimum Gasteiger partial charge on any atom is -0.472 e. The fourth-order valence-corrected chi connectivity index (χ4v) is 2.44. The average Bonchev–Trinajstić information content (AvgIpc) is 2.98. The lowest BCUT2D eigenvalue weighted by molar-refractivity contribution is 0.0742. The van der Waals surface area contributed by atoms with Crippen molar-refractivity contribution < 1.29 is 17.6 Å². The molecular weight excluding hydrogens is 292 g/mol. The van der Waals surface area contributed by atoms with Crippen molar-refractivity contribution in [1.82, 2.24) is 4.90 Å². The van der Waals surface area contributed by atoms with E-state index in [9.17, 15) is 13.2 Å².